The number of rotatable bonds is 6. The fourth-order valence-corrected chi connectivity index (χ4v) is 1.97. The molecule has 0 unspecified atom stereocenters. The molecule has 0 bridgehead atoms. The number of fused-ring (bicyclic) bond motifs is 1. The molecule has 2 aromatic rings. The van der Waals surface area contributed by atoms with Gasteiger partial charge in [0, 0.05) is 24.7 Å². The summed E-state index contributed by atoms with van der Waals surface area (Å²) in [6.07, 6.45) is 3.82. The summed E-state index contributed by atoms with van der Waals surface area (Å²) in [7, 11) is 0. The number of nitrogens with one attached hydrogen (secondary N) is 1. The van der Waals surface area contributed by atoms with Gasteiger partial charge in [0.1, 0.15) is 11.3 Å². The number of aliphatic hydroxyl groups is 1. The normalized spacial score (nSPS) is 10.7. The molecule has 0 saturated carbocycles. The van der Waals surface area contributed by atoms with Crippen LogP contribution in [0.3, 0.4) is 0 Å². The molecule has 20 heavy (non-hydrogen) atoms. The Kier molecular flexibility index (Phi) is 5.01. The van der Waals surface area contributed by atoms with Gasteiger partial charge in [-0.05, 0) is 31.4 Å². The van der Waals surface area contributed by atoms with Gasteiger partial charge in [0.25, 0.3) is 5.91 Å². The van der Waals surface area contributed by atoms with Crippen molar-refractivity contribution in [1.29, 1.82) is 0 Å². The zero-order valence-electron chi connectivity index (χ0n) is 11.1. The van der Waals surface area contributed by atoms with Gasteiger partial charge < -0.3 is 10.4 Å². The molecule has 2 N–H and O–H groups in total. The van der Waals surface area contributed by atoms with Gasteiger partial charge in [-0.3, -0.25) is 9.78 Å². The first-order valence-electron chi connectivity index (χ1n) is 6.65. The minimum absolute atomic E-state index is 0.175. The predicted molar refractivity (Wildman–Crippen MR) is 75.0 cm³/mol. The first-order chi connectivity index (χ1) is 9.72. The van der Waals surface area contributed by atoms with Crippen LogP contribution in [0.4, 0.5) is 4.39 Å². The van der Waals surface area contributed by atoms with Gasteiger partial charge in [-0.25, -0.2) is 4.39 Å². The van der Waals surface area contributed by atoms with Crippen molar-refractivity contribution < 1.29 is 14.3 Å². The van der Waals surface area contributed by atoms with Gasteiger partial charge in [0.05, 0.1) is 5.56 Å². The summed E-state index contributed by atoms with van der Waals surface area (Å²) in [6, 6.07) is 6.30. The molecule has 0 saturated heterocycles. The highest BCUT2D eigenvalue weighted by Gasteiger charge is 2.08. The van der Waals surface area contributed by atoms with Crippen LogP contribution in [0, 0.1) is 5.82 Å². The number of halogens is 1. The van der Waals surface area contributed by atoms with Crippen LogP contribution in [0.15, 0.2) is 30.5 Å². The molecule has 2 rings (SSSR count). The van der Waals surface area contributed by atoms with Crippen LogP contribution >= 0.6 is 0 Å². The number of hydrogen-bond donors (Lipinski definition) is 2. The number of amides is 1. The third-order valence-corrected chi connectivity index (χ3v) is 3.04. The molecular formula is C15H17FN2O2. The molecular weight excluding hydrogens is 259 g/mol. The summed E-state index contributed by atoms with van der Waals surface area (Å²) in [5.74, 6) is -0.605. The number of hydrogen-bond acceptors (Lipinski definition) is 3. The number of benzene rings is 1. The molecule has 4 nitrogen and oxygen atoms in total. The highest BCUT2D eigenvalue weighted by atomic mass is 19.1. The largest absolute Gasteiger partial charge is 0.396 e. The number of pyridine rings is 1. The molecule has 106 valence electrons. The quantitative estimate of drug-likeness (QED) is 0.796. The first kappa shape index (κ1) is 14.4. The molecule has 1 aromatic carbocycles. The van der Waals surface area contributed by atoms with E-state index in [1.54, 1.807) is 18.2 Å². The van der Waals surface area contributed by atoms with E-state index in [2.05, 4.69) is 10.3 Å². The van der Waals surface area contributed by atoms with Crippen molar-refractivity contribution in [3.8, 4) is 0 Å². The van der Waals surface area contributed by atoms with Crippen LogP contribution in [0.25, 0.3) is 10.9 Å². The lowest BCUT2D eigenvalue weighted by Gasteiger charge is -2.06. The molecule has 1 heterocycles. The number of aliphatic hydroxyl groups excluding tert-OH is 1. The summed E-state index contributed by atoms with van der Waals surface area (Å²) in [4.78, 5) is 15.9. The Hall–Kier alpha value is -2.01. The third kappa shape index (κ3) is 3.51. The lowest BCUT2D eigenvalue weighted by molar-refractivity contribution is 0.0952. The first-order valence-corrected chi connectivity index (χ1v) is 6.65. The highest BCUT2D eigenvalue weighted by Crippen LogP contribution is 2.16. The van der Waals surface area contributed by atoms with E-state index in [0.717, 1.165) is 19.3 Å². The standard InChI is InChI=1S/C15H17FN2O2/c16-13-6-4-5-11-9-12(10-18-14(11)13)15(20)17-7-2-1-3-8-19/h4-6,9-10,19H,1-3,7-8H2,(H,17,20). The minimum atomic E-state index is -0.390. The molecule has 1 aromatic heterocycles. The molecule has 0 radical (unpaired) electrons. The van der Waals surface area contributed by atoms with Gasteiger partial charge in [-0.2, -0.15) is 0 Å². The van der Waals surface area contributed by atoms with Crippen LogP contribution in [0.1, 0.15) is 29.6 Å². The van der Waals surface area contributed by atoms with E-state index < -0.39 is 5.82 Å². The molecule has 0 fully saturated rings. The fourth-order valence-electron chi connectivity index (χ4n) is 1.97. The lowest BCUT2D eigenvalue weighted by atomic mass is 10.1. The van der Waals surface area contributed by atoms with E-state index >= 15 is 0 Å². The van der Waals surface area contributed by atoms with Crippen LogP contribution < -0.4 is 5.32 Å². The zero-order valence-corrected chi connectivity index (χ0v) is 11.1. The topological polar surface area (TPSA) is 62.2 Å². The summed E-state index contributed by atoms with van der Waals surface area (Å²) >= 11 is 0. The van der Waals surface area contributed by atoms with E-state index in [1.165, 1.54) is 12.3 Å². The fraction of sp³-hybridized carbons (Fsp3) is 0.333. The second kappa shape index (κ2) is 6.96. The summed E-state index contributed by atoms with van der Waals surface area (Å²) in [5.41, 5.74) is 0.692. The minimum Gasteiger partial charge on any atom is -0.396 e. The Morgan fingerprint density at radius 3 is 2.95 bits per heavy atom. The van der Waals surface area contributed by atoms with E-state index in [4.69, 9.17) is 5.11 Å². The predicted octanol–water partition coefficient (Wildman–Crippen LogP) is 2.27. The monoisotopic (exact) mass is 276 g/mol. The number of aromatic nitrogens is 1. The molecule has 1 amide bonds. The second-order valence-corrected chi connectivity index (χ2v) is 4.58. The average Bonchev–Trinajstić information content (AvgIpc) is 2.47. The zero-order chi connectivity index (χ0) is 14.4. The van der Waals surface area contributed by atoms with Crippen molar-refractivity contribution in [3.63, 3.8) is 0 Å². The van der Waals surface area contributed by atoms with E-state index in [0.29, 0.717) is 17.5 Å². The molecule has 0 aliphatic heterocycles. The van der Waals surface area contributed by atoms with Crippen molar-refractivity contribution in [2.45, 2.75) is 19.3 Å². The van der Waals surface area contributed by atoms with Crippen molar-refractivity contribution in [2.24, 2.45) is 0 Å². The SMILES string of the molecule is O=C(NCCCCCO)c1cnc2c(F)cccc2c1. The molecule has 0 aliphatic carbocycles. The summed E-state index contributed by atoms with van der Waals surface area (Å²) in [6.45, 7) is 0.730. The third-order valence-electron chi connectivity index (χ3n) is 3.04. The molecule has 5 heteroatoms. The Labute approximate surface area is 116 Å². The van der Waals surface area contributed by atoms with Gasteiger partial charge in [-0.1, -0.05) is 12.1 Å². The van der Waals surface area contributed by atoms with Gasteiger partial charge >= 0.3 is 0 Å². The van der Waals surface area contributed by atoms with E-state index in [-0.39, 0.29) is 18.0 Å². The van der Waals surface area contributed by atoms with Crippen LogP contribution in [0.5, 0.6) is 0 Å². The van der Waals surface area contributed by atoms with Crippen LogP contribution in [-0.2, 0) is 0 Å². The van der Waals surface area contributed by atoms with Crippen molar-refractivity contribution in [3.05, 3.63) is 41.8 Å². The van der Waals surface area contributed by atoms with E-state index in [1.807, 2.05) is 0 Å². The van der Waals surface area contributed by atoms with Crippen LogP contribution in [0.2, 0.25) is 0 Å². The Morgan fingerprint density at radius 1 is 1.30 bits per heavy atom. The number of para-hydroxylation sites is 1. The second-order valence-electron chi connectivity index (χ2n) is 4.58. The molecule has 0 aliphatic rings. The smallest absolute Gasteiger partial charge is 0.252 e. The molecule has 0 spiro atoms. The Morgan fingerprint density at radius 2 is 2.15 bits per heavy atom. The number of nitrogens with zero attached hydrogens (tertiary/aromatic N) is 1. The summed E-state index contributed by atoms with van der Waals surface area (Å²) in [5, 5.41) is 12.0. The van der Waals surface area contributed by atoms with Crippen LogP contribution in [-0.4, -0.2) is 29.1 Å². The number of carbonyl (C=O) groups is 1. The van der Waals surface area contributed by atoms with E-state index in [9.17, 15) is 9.18 Å². The van der Waals surface area contributed by atoms with Crippen molar-refractivity contribution >= 4 is 16.8 Å². The Bertz CT molecular complexity index is 601. The number of carbonyl (C=O) groups excluding carboxylic acids is 1. The van der Waals surface area contributed by atoms with Gasteiger partial charge in [0.2, 0.25) is 0 Å². The van der Waals surface area contributed by atoms with Gasteiger partial charge in [-0.15, -0.1) is 0 Å². The maximum atomic E-state index is 13.5. The maximum absolute atomic E-state index is 13.5. The lowest BCUT2D eigenvalue weighted by Crippen LogP contribution is -2.24. The summed E-state index contributed by atoms with van der Waals surface area (Å²) < 4.78 is 13.5. The van der Waals surface area contributed by atoms with Crippen molar-refractivity contribution in [2.75, 3.05) is 13.2 Å². The van der Waals surface area contributed by atoms with Gasteiger partial charge in [0.15, 0.2) is 0 Å². The number of unbranched alkanes of at least 4 members (excludes halogenated alkanes) is 2. The maximum Gasteiger partial charge on any atom is 0.252 e. The molecule has 0 atom stereocenters. The highest BCUT2D eigenvalue weighted by molar-refractivity contribution is 5.97. The van der Waals surface area contributed by atoms with Crippen molar-refractivity contribution in [1.82, 2.24) is 10.3 Å². The Balaban J connectivity index is 2.00. The average molecular weight is 276 g/mol.